The number of anilines is 2. The molecule has 148 valence electrons. The van der Waals surface area contributed by atoms with Crippen LogP contribution in [-0.4, -0.2) is 10.7 Å². The van der Waals surface area contributed by atoms with E-state index in [0.717, 1.165) is 44.4 Å². The predicted octanol–water partition coefficient (Wildman–Crippen LogP) is 7.06. The second kappa shape index (κ2) is 8.25. The van der Waals surface area contributed by atoms with Crippen LogP contribution in [0.1, 0.15) is 11.1 Å². The van der Waals surface area contributed by atoms with Gasteiger partial charge in [0.1, 0.15) is 0 Å². The van der Waals surface area contributed by atoms with Crippen molar-refractivity contribution in [2.45, 2.75) is 0 Å². The van der Waals surface area contributed by atoms with Gasteiger partial charge < -0.3 is 5.32 Å². The molecule has 0 atom stereocenters. The van der Waals surface area contributed by atoms with Crippen LogP contribution in [0.25, 0.3) is 21.9 Å². The quantitative estimate of drug-likeness (QED) is 0.311. The van der Waals surface area contributed by atoms with Gasteiger partial charge in [-0.15, -0.1) is 0 Å². The third-order valence-electron chi connectivity index (χ3n) is 5.37. The van der Waals surface area contributed by atoms with Gasteiger partial charge in [0.2, 0.25) is 0 Å². The molecule has 0 aliphatic carbocycles. The van der Waals surface area contributed by atoms with Crippen molar-refractivity contribution in [2.24, 2.45) is 0 Å². The maximum Gasteiger partial charge on any atom is 0.0705 e. The van der Waals surface area contributed by atoms with Crippen LogP contribution in [0.4, 0.5) is 11.4 Å². The summed E-state index contributed by atoms with van der Waals surface area (Å²) in [6, 6.07) is 34.7. The Kier molecular flexibility index (Phi) is 4.99. The average molecular weight is 399 g/mol. The monoisotopic (exact) mass is 399 g/mol. The zero-order valence-electron chi connectivity index (χ0n) is 16.9. The van der Waals surface area contributed by atoms with E-state index in [4.69, 9.17) is 5.41 Å². The average Bonchev–Trinajstić information content (AvgIpc) is 2.84. The molecule has 5 rings (SSSR count). The van der Waals surface area contributed by atoms with Gasteiger partial charge in [-0.2, -0.15) is 0 Å². The Balaban J connectivity index is 1.60. The third-order valence-corrected chi connectivity index (χ3v) is 5.37. The Morgan fingerprint density at radius 1 is 0.645 bits per heavy atom. The minimum Gasteiger partial charge on any atom is -0.355 e. The summed E-state index contributed by atoms with van der Waals surface area (Å²) in [5.41, 5.74) is 6.31. The van der Waals surface area contributed by atoms with Gasteiger partial charge in [0.15, 0.2) is 0 Å². The van der Waals surface area contributed by atoms with Crippen LogP contribution < -0.4 is 5.32 Å². The van der Waals surface area contributed by atoms with Gasteiger partial charge in [-0.1, -0.05) is 60.7 Å². The van der Waals surface area contributed by atoms with E-state index in [1.165, 1.54) is 0 Å². The van der Waals surface area contributed by atoms with E-state index in [1.807, 2.05) is 66.7 Å². The summed E-state index contributed by atoms with van der Waals surface area (Å²) < 4.78 is 0. The first-order chi connectivity index (χ1) is 15.3. The second-order valence-corrected chi connectivity index (χ2v) is 7.43. The molecule has 3 heteroatoms. The Hall–Kier alpha value is -4.24. The number of benzene rings is 4. The smallest absolute Gasteiger partial charge is 0.0705 e. The lowest BCUT2D eigenvalue weighted by atomic mass is 9.95. The number of hydrogen-bond donors (Lipinski definition) is 2. The standard InChI is InChI=1S/C28H21N3/c29-28(24-10-6-9-21(17-24)20-13-15-30-16-14-20)26-18-22-7-4-5-8-23(22)19-27(26)31-25-11-2-1-3-12-25/h1-19,29,31H. The van der Waals surface area contributed by atoms with Crippen molar-refractivity contribution in [3.63, 3.8) is 0 Å². The molecule has 31 heavy (non-hydrogen) atoms. The minimum atomic E-state index is 0.486. The molecular formula is C28H21N3. The molecule has 1 heterocycles. The predicted molar refractivity (Wildman–Crippen MR) is 129 cm³/mol. The normalized spacial score (nSPS) is 10.7. The summed E-state index contributed by atoms with van der Waals surface area (Å²) in [7, 11) is 0. The van der Waals surface area contributed by atoms with Gasteiger partial charge in [0.25, 0.3) is 0 Å². The molecule has 0 saturated heterocycles. The molecule has 3 nitrogen and oxygen atoms in total. The molecule has 4 aromatic carbocycles. The number of hydrogen-bond acceptors (Lipinski definition) is 3. The highest BCUT2D eigenvalue weighted by atomic mass is 14.9. The van der Waals surface area contributed by atoms with Crippen molar-refractivity contribution in [1.29, 1.82) is 5.41 Å². The molecule has 0 aliphatic rings. The van der Waals surface area contributed by atoms with E-state index in [1.54, 1.807) is 12.4 Å². The van der Waals surface area contributed by atoms with Crippen LogP contribution in [-0.2, 0) is 0 Å². The molecular weight excluding hydrogens is 378 g/mol. The van der Waals surface area contributed by atoms with Gasteiger partial charge in [-0.3, -0.25) is 10.4 Å². The molecule has 0 unspecified atom stereocenters. The number of aromatic nitrogens is 1. The van der Waals surface area contributed by atoms with Crippen LogP contribution in [0.2, 0.25) is 0 Å². The number of nitrogens with zero attached hydrogens (tertiary/aromatic N) is 1. The summed E-state index contributed by atoms with van der Waals surface area (Å²) in [6.45, 7) is 0. The van der Waals surface area contributed by atoms with Crippen LogP contribution in [0.5, 0.6) is 0 Å². The van der Waals surface area contributed by atoms with Crippen molar-refractivity contribution in [1.82, 2.24) is 4.98 Å². The van der Waals surface area contributed by atoms with E-state index in [0.29, 0.717) is 5.71 Å². The maximum atomic E-state index is 9.06. The highest BCUT2D eigenvalue weighted by Crippen LogP contribution is 2.30. The molecule has 0 amide bonds. The second-order valence-electron chi connectivity index (χ2n) is 7.43. The summed E-state index contributed by atoms with van der Waals surface area (Å²) >= 11 is 0. The first-order valence-corrected chi connectivity index (χ1v) is 10.2. The molecule has 5 aromatic rings. The number of pyridine rings is 1. The summed E-state index contributed by atoms with van der Waals surface area (Å²) in [4.78, 5) is 4.11. The Bertz CT molecular complexity index is 1360. The Labute approximate surface area is 181 Å². The third kappa shape index (κ3) is 3.94. The number of nitrogens with one attached hydrogen (secondary N) is 2. The lowest BCUT2D eigenvalue weighted by Gasteiger charge is -2.16. The fraction of sp³-hybridized carbons (Fsp3) is 0. The number of fused-ring (bicyclic) bond motifs is 1. The highest BCUT2D eigenvalue weighted by molar-refractivity contribution is 6.16. The topological polar surface area (TPSA) is 48.8 Å². The zero-order chi connectivity index (χ0) is 21.0. The maximum absolute atomic E-state index is 9.06. The zero-order valence-corrected chi connectivity index (χ0v) is 16.9. The fourth-order valence-electron chi connectivity index (χ4n) is 3.78. The minimum absolute atomic E-state index is 0.486. The van der Waals surface area contributed by atoms with Gasteiger partial charge in [-0.25, -0.2) is 0 Å². The molecule has 0 spiro atoms. The first kappa shape index (κ1) is 18.8. The van der Waals surface area contributed by atoms with Crippen molar-refractivity contribution < 1.29 is 0 Å². The largest absolute Gasteiger partial charge is 0.355 e. The van der Waals surface area contributed by atoms with Crippen LogP contribution >= 0.6 is 0 Å². The van der Waals surface area contributed by atoms with Gasteiger partial charge in [0.05, 0.1) is 5.71 Å². The lowest BCUT2D eigenvalue weighted by molar-refractivity contribution is 1.33. The van der Waals surface area contributed by atoms with Crippen LogP contribution in [0.15, 0.2) is 116 Å². The van der Waals surface area contributed by atoms with Gasteiger partial charge >= 0.3 is 0 Å². The van der Waals surface area contributed by atoms with Crippen LogP contribution in [0.3, 0.4) is 0 Å². The number of para-hydroxylation sites is 1. The molecule has 1 aromatic heterocycles. The van der Waals surface area contributed by atoms with E-state index in [2.05, 4.69) is 46.7 Å². The molecule has 0 fully saturated rings. The molecule has 2 N–H and O–H groups in total. The van der Waals surface area contributed by atoms with Crippen molar-refractivity contribution in [3.8, 4) is 11.1 Å². The van der Waals surface area contributed by atoms with Crippen molar-refractivity contribution >= 4 is 27.9 Å². The first-order valence-electron chi connectivity index (χ1n) is 10.2. The SMILES string of the molecule is N=C(c1cccc(-c2ccncc2)c1)c1cc2ccccc2cc1Nc1ccccc1. The summed E-state index contributed by atoms with van der Waals surface area (Å²) in [5, 5.41) is 14.8. The summed E-state index contributed by atoms with van der Waals surface area (Å²) in [5.74, 6) is 0. The fourth-order valence-corrected chi connectivity index (χ4v) is 3.78. The van der Waals surface area contributed by atoms with Gasteiger partial charge in [-0.05, 0) is 64.4 Å². The molecule has 0 aliphatic heterocycles. The Morgan fingerprint density at radius 2 is 1.35 bits per heavy atom. The van der Waals surface area contributed by atoms with Crippen molar-refractivity contribution in [2.75, 3.05) is 5.32 Å². The van der Waals surface area contributed by atoms with Gasteiger partial charge in [0, 0.05) is 34.9 Å². The lowest BCUT2D eigenvalue weighted by Crippen LogP contribution is -2.06. The summed E-state index contributed by atoms with van der Waals surface area (Å²) in [6.07, 6.45) is 3.58. The molecule has 0 radical (unpaired) electrons. The van der Waals surface area contributed by atoms with E-state index in [-0.39, 0.29) is 0 Å². The van der Waals surface area contributed by atoms with Crippen molar-refractivity contribution in [3.05, 3.63) is 127 Å². The van der Waals surface area contributed by atoms with Crippen LogP contribution in [0, 0.1) is 5.41 Å². The van der Waals surface area contributed by atoms with E-state index < -0.39 is 0 Å². The van der Waals surface area contributed by atoms with E-state index in [9.17, 15) is 0 Å². The molecule has 0 saturated carbocycles. The Morgan fingerprint density at radius 3 is 2.13 bits per heavy atom. The van der Waals surface area contributed by atoms with E-state index >= 15 is 0 Å². The highest BCUT2D eigenvalue weighted by Gasteiger charge is 2.13. The number of rotatable bonds is 5. The molecule has 0 bridgehead atoms.